The molecule has 1 nitrogen and oxygen atoms in total. The summed E-state index contributed by atoms with van der Waals surface area (Å²) < 4.78 is 1.26. The summed E-state index contributed by atoms with van der Waals surface area (Å²) in [6, 6.07) is 2.27. The Labute approximate surface area is 105 Å². The summed E-state index contributed by atoms with van der Waals surface area (Å²) in [5.74, 6) is 0.815. The molecule has 86 valence electrons. The van der Waals surface area contributed by atoms with Crippen LogP contribution in [0.25, 0.3) is 0 Å². The van der Waals surface area contributed by atoms with Gasteiger partial charge in [0, 0.05) is 4.88 Å². The van der Waals surface area contributed by atoms with Crippen molar-refractivity contribution in [2.75, 3.05) is 13.6 Å². The quantitative estimate of drug-likeness (QED) is 0.835. The van der Waals surface area contributed by atoms with Gasteiger partial charge in [-0.3, -0.25) is 0 Å². The Morgan fingerprint density at radius 3 is 2.73 bits per heavy atom. The Hall–Kier alpha value is 0.140. The Bertz CT molecular complexity index is 296. The number of halogens is 1. The van der Waals surface area contributed by atoms with E-state index < -0.39 is 0 Å². The van der Waals surface area contributed by atoms with Crippen molar-refractivity contribution in [2.45, 2.75) is 33.1 Å². The van der Waals surface area contributed by atoms with Gasteiger partial charge >= 0.3 is 0 Å². The van der Waals surface area contributed by atoms with Crippen LogP contribution < -0.4 is 5.32 Å². The first-order chi connectivity index (χ1) is 7.13. The second kappa shape index (κ2) is 6.66. The van der Waals surface area contributed by atoms with Crippen molar-refractivity contribution in [1.82, 2.24) is 5.32 Å². The van der Waals surface area contributed by atoms with E-state index in [1.165, 1.54) is 33.5 Å². The third-order valence-electron chi connectivity index (χ3n) is 2.78. The lowest BCUT2D eigenvalue weighted by Crippen LogP contribution is -2.11. The van der Waals surface area contributed by atoms with Crippen molar-refractivity contribution in [1.29, 1.82) is 0 Å². The van der Waals surface area contributed by atoms with Crippen molar-refractivity contribution in [3.63, 3.8) is 0 Å². The van der Waals surface area contributed by atoms with Crippen LogP contribution in [0.3, 0.4) is 0 Å². The molecule has 0 saturated carbocycles. The van der Waals surface area contributed by atoms with E-state index in [0.29, 0.717) is 0 Å². The SMILES string of the molecule is CNCCC(C)CCc1cc(Br)sc1C. The summed E-state index contributed by atoms with van der Waals surface area (Å²) in [4.78, 5) is 1.46. The second-order valence-electron chi connectivity index (χ2n) is 4.17. The van der Waals surface area contributed by atoms with E-state index in [-0.39, 0.29) is 0 Å². The van der Waals surface area contributed by atoms with Crippen LogP contribution in [0.2, 0.25) is 0 Å². The van der Waals surface area contributed by atoms with E-state index in [4.69, 9.17) is 0 Å². The van der Waals surface area contributed by atoms with Crippen molar-refractivity contribution in [3.8, 4) is 0 Å². The van der Waals surface area contributed by atoms with Crippen LogP contribution in [-0.2, 0) is 6.42 Å². The molecule has 0 amide bonds. The fourth-order valence-corrected chi connectivity index (χ4v) is 3.46. The third-order valence-corrected chi connectivity index (χ3v) is 4.38. The Kier molecular flexibility index (Phi) is 5.87. The normalized spacial score (nSPS) is 13.1. The number of hydrogen-bond acceptors (Lipinski definition) is 2. The standard InChI is InChI=1S/C12H20BrNS/c1-9(6-7-14-3)4-5-11-8-12(13)15-10(11)2/h8-9,14H,4-7H2,1-3H3. The molecule has 0 aliphatic rings. The van der Waals surface area contributed by atoms with Gasteiger partial charge in [-0.2, -0.15) is 0 Å². The highest BCUT2D eigenvalue weighted by Crippen LogP contribution is 2.28. The molecule has 1 heterocycles. The molecule has 0 fully saturated rings. The lowest BCUT2D eigenvalue weighted by atomic mass is 9.99. The van der Waals surface area contributed by atoms with E-state index in [1.54, 1.807) is 0 Å². The molecule has 1 aromatic heterocycles. The van der Waals surface area contributed by atoms with Gasteiger partial charge < -0.3 is 5.32 Å². The summed E-state index contributed by atoms with van der Waals surface area (Å²) in [7, 11) is 2.02. The molecule has 1 rings (SSSR count). The van der Waals surface area contributed by atoms with Gasteiger partial charge in [0.15, 0.2) is 0 Å². The Morgan fingerprint density at radius 2 is 2.20 bits per heavy atom. The van der Waals surface area contributed by atoms with Gasteiger partial charge in [-0.15, -0.1) is 11.3 Å². The zero-order valence-electron chi connectivity index (χ0n) is 9.77. The minimum Gasteiger partial charge on any atom is -0.320 e. The average molecular weight is 290 g/mol. The molecule has 1 unspecified atom stereocenters. The van der Waals surface area contributed by atoms with Gasteiger partial charge in [-0.05, 0) is 73.3 Å². The van der Waals surface area contributed by atoms with Crippen LogP contribution in [0.1, 0.15) is 30.2 Å². The number of rotatable bonds is 6. The van der Waals surface area contributed by atoms with Crippen LogP contribution in [0.4, 0.5) is 0 Å². The number of hydrogen-bond donors (Lipinski definition) is 1. The first-order valence-electron chi connectivity index (χ1n) is 5.53. The maximum atomic E-state index is 3.54. The maximum absolute atomic E-state index is 3.54. The molecule has 0 radical (unpaired) electrons. The highest BCUT2D eigenvalue weighted by Gasteiger charge is 2.06. The third kappa shape index (κ3) is 4.66. The first kappa shape index (κ1) is 13.2. The topological polar surface area (TPSA) is 12.0 Å². The van der Waals surface area contributed by atoms with Crippen LogP contribution in [0, 0.1) is 12.8 Å². The van der Waals surface area contributed by atoms with Crippen LogP contribution >= 0.6 is 27.3 Å². The minimum atomic E-state index is 0.815. The van der Waals surface area contributed by atoms with Crippen molar-refractivity contribution < 1.29 is 0 Å². The summed E-state index contributed by atoms with van der Waals surface area (Å²) in [6.07, 6.45) is 3.80. The van der Waals surface area contributed by atoms with Crippen LogP contribution in [-0.4, -0.2) is 13.6 Å². The monoisotopic (exact) mass is 289 g/mol. The Morgan fingerprint density at radius 1 is 1.47 bits per heavy atom. The zero-order valence-corrected chi connectivity index (χ0v) is 12.2. The van der Waals surface area contributed by atoms with E-state index >= 15 is 0 Å². The fourth-order valence-electron chi connectivity index (χ4n) is 1.67. The van der Waals surface area contributed by atoms with Crippen LogP contribution in [0.5, 0.6) is 0 Å². The van der Waals surface area contributed by atoms with E-state index in [1.807, 2.05) is 18.4 Å². The average Bonchev–Trinajstić information content (AvgIpc) is 2.51. The summed E-state index contributed by atoms with van der Waals surface area (Å²) in [5, 5.41) is 3.21. The molecule has 3 heteroatoms. The number of aryl methyl sites for hydroxylation is 2. The molecule has 0 aliphatic heterocycles. The van der Waals surface area contributed by atoms with E-state index in [0.717, 1.165) is 12.5 Å². The molecule has 1 aromatic rings. The van der Waals surface area contributed by atoms with Gasteiger partial charge in [0.05, 0.1) is 3.79 Å². The van der Waals surface area contributed by atoms with Crippen molar-refractivity contribution in [2.24, 2.45) is 5.92 Å². The smallest absolute Gasteiger partial charge is 0.0704 e. The van der Waals surface area contributed by atoms with Gasteiger partial charge in [0.2, 0.25) is 0 Å². The molecule has 1 N–H and O–H groups in total. The molecule has 15 heavy (non-hydrogen) atoms. The predicted molar refractivity (Wildman–Crippen MR) is 72.8 cm³/mol. The largest absolute Gasteiger partial charge is 0.320 e. The van der Waals surface area contributed by atoms with E-state index in [9.17, 15) is 0 Å². The molecule has 1 atom stereocenters. The molecule has 0 bridgehead atoms. The number of nitrogens with one attached hydrogen (secondary N) is 1. The summed E-state index contributed by atoms with van der Waals surface area (Å²) in [6.45, 7) is 5.69. The highest BCUT2D eigenvalue weighted by molar-refractivity contribution is 9.11. The lowest BCUT2D eigenvalue weighted by Gasteiger charge is -2.10. The number of thiophene rings is 1. The molecule has 0 spiro atoms. The molecule has 0 aromatic carbocycles. The van der Waals surface area contributed by atoms with Gasteiger partial charge in [-0.25, -0.2) is 0 Å². The van der Waals surface area contributed by atoms with E-state index in [2.05, 4.69) is 41.2 Å². The maximum Gasteiger partial charge on any atom is 0.0704 e. The molecule has 0 saturated heterocycles. The van der Waals surface area contributed by atoms with Gasteiger partial charge in [0.25, 0.3) is 0 Å². The van der Waals surface area contributed by atoms with Crippen molar-refractivity contribution in [3.05, 3.63) is 20.3 Å². The van der Waals surface area contributed by atoms with Gasteiger partial charge in [0.1, 0.15) is 0 Å². The molecular weight excluding hydrogens is 270 g/mol. The summed E-state index contributed by atoms with van der Waals surface area (Å²) >= 11 is 5.38. The minimum absolute atomic E-state index is 0.815. The molecular formula is C12H20BrNS. The lowest BCUT2D eigenvalue weighted by molar-refractivity contribution is 0.482. The predicted octanol–water partition coefficient (Wildman–Crippen LogP) is 4.00. The fraction of sp³-hybridized carbons (Fsp3) is 0.667. The highest BCUT2D eigenvalue weighted by atomic mass is 79.9. The second-order valence-corrected chi connectivity index (χ2v) is 6.80. The van der Waals surface area contributed by atoms with Crippen LogP contribution in [0.15, 0.2) is 9.85 Å². The summed E-state index contributed by atoms with van der Waals surface area (Å²) in [5.41, 5.74) is 1.52. The zero-order chi connectivity index (χ0) is 11.3. The van der Waals surface area contributed by atoms with Crippen molar-refractivity contribution >= 4 is 27.3 Å². The first-order valence-corrected chi connectivity index (χ1v) is 7.14. The Balaban J connectivity index is 2.33. The van der Waals surface area contributed by atoms with Gasteiger partial charge in [-0.1, -0.05) is 6.92 Å². The molecule has 0 aliphatic carbocycles.